The maximum absolute atomic E-state index is 6.00. The summed E-state index contributed by atoms with van der Waals surface area (Å²) in [6.07, 6.45) is 1.75. The van der Waals surface area contributed by atoms with Crippen molar-refractivity contribution in [3.63, 3.8) is 0 Å². The fourth-order valence-electron chi connectivity index (χ4n) is 1.95. The lowest BCUT2D eigenvalue weighted by molar-refractivity contribution is 1.05. The maximum atomic E-state index is 6.00. The predicted molar refractivity (Wildman–Crippen MR) is 73.5 cm³/mol. The second kappa shape index (κ2) is 3.99. The third-order valence-electron chi connectivity index (χ3n) is 2.93. The highest BCUT2D eigenvalue weighted by molar-refractivity contribution is 6.31. The van der Waals surface area contributed by atoms with Crippen LogP contribution in [0.1, 0.15) is 5.69 Å². The summed E-state index contributed by atoms with van der Waals surface area (Å²) in [6.45, 7) is 1.96. The van der Waals surface area contributed by atoms with E-state index in [9.17, 15) is 0 Å². The average Bonchev–Trinajstić information content (AvgIpc) is 2.74. The molecule has 0 radical (unpaired) electrons. The van der Waals surface area contributed by atoms with Gasteiger partial charge in [-0.15, -0.1) is 0 Å². The first-order valence-electron chi connectivity index (χ1n) is 5.51. The van der Waals surface area contributed by atoms with Gasteiger partial charge in [0.25, 0.3) is 0 Å². The molecular weight excluding hydrogens is 248 g/mol. The van der Waals surface area contributed by atoms with Crippen LogP contribution in [0, 0.1) is 6.92 Å². The molecule has 2 heterocycles. The number of rotatable bonds is 1. The number of H-pyrrole nitrogens is 1. The van der Waals surface area contributed by atoms with Crippen molar-refractivity contribution in [2.24, 2.45) is 0 Å². The average molecular weight is 259 g/mol. The van der Waals surface area contributed by atoms with E-state index in [0.717, 1.165) is 22.2 Å². The van der Waals surface area contributed by atoms with Gasteiger partial charge in [0.1, 0.15) is 0 Å². The van der Waals surface area contributed by atoms with Gasteiger partial charge < -0.3 is 5.73 Å². The fourth-order valence-corrected chi connectivity index (χ4v) is 2.12. The number of aromatic nitrogens is 3. The molecule has 18 heavy (non-hydrogen) atoms. The van der Waals surface area contributed by atoms with Crippen LogP contribution in [-0.2, 0) is 0 Å². The van der Waals surface area contributed by atoms with Crippen molar-refractivity contribution >= 4 is 28.3 Å². The van der Waals surface area contributed by atoms with Gasteiger partial charge in [0.05, 0.1) is 0 Å². The van der Waals surface area contributed by atoms with Crippen LogP contribution < -0.4 is 5.73 Å². The minimum absolute atomic E-state index is 0.656. The molecule has 0 atom stereocenters. The lowest BCUT2D eigenvalue weighted by atomic mass is 10.0. The van der Waals surface area contributed by atoms with E-state index in [1.165, 1.54) is 0 Å². The van der Waals surface area contributed by atoms with Gasteiger partial charge in [-0.2, -0.15) is 5.10 Å². The Hall–Kier alpha value is -2.07. The smallest absolute Gasteiger partial charge is 0.181 e. The second-order valence-electron chi connectivity index (χ2n) is 4.18. The normalized spacial score (nSPS) is 11.0. The molecule has 0 aliphatic rings. The Morgan fingerprint density at radius 2 is 2.11 bits per heavy atom. The van der Waals surface area contributed by atoms with Gasteiger partial charge in [0.15, 0.2) is 5.65 Å². The number of nitrogens with two attached hydrogens (primary N) is 1. The summed E-state index contributed by atoms with van der Waals surface area (Å²) in [5.41, 5.74) is 10.2. The molecule has 0 aliphatic heterocycles. The number of nitrogens with zero attached hydrogens (tertiary/aromatic N) is 2. The topological polar surface area (TPSA) is 67.6 Å². The van der Waals surface area contributed by atoms with E-state index in [4.69, 9.17) is 17.3 Å². The van der Waals surface area contributed by atoms with E-state index in [0.29, 0.717) is 16.4 Å². The largest absolute Gasteiger partial charge is 0.398 e. The molecule has 3 rings (SSSR count). The van der Waals surface area contributed by atoms with Crippen molar-refractivity contribution in [2.75, 3.05) is 5.73 Å². The zero-order chi connectivity index (χ0) is 12.7. The zero-order valence-corrected chi connectivity index (χ0v) is 10.5. The summed E-state index contributed by atoms with van der Waals surface area (Å²) in [7, 11) is 0. The first-order valence-corrected chi connectivity index (χ1v) is 5.89. The van der Waals surface area contributed by atoms with Crippen LogP contribution in [0.2, 0.25) is 5.02 Å². The predicted octanol–water partition coefficient (Wildman–Crippen LogP) is 3.17. The Bertz CT molecular complexity index is 733. The number of halogens is 1. The number of aryl methyl sites for hydroxylation is 1. The molecular formula is C13H11ClN4. The van der Waals surface area contributed by atoms with E-state index < -0.39 is 0 Å². The summed E-state index contributed by atoms with van der Waals surface area (Å²) in [6, 6.07) is 7.43. The van der Waals surface area contributed by atoms with Gasteiger partial charge in [-0.3, -0.25) is 5.10 Å². The summed E-state index contributed by atoms with van der Waals surface area (Å²) < 4.78 is 0. The Kier molecular flexibility index (Phi) is 2.45. The molecule has 5 heteroatoms. The Labute approximate surface area is 109 Å². The Balaban J connectivity index is 2.24. The summed E-state index contributed by atoms with van der Waals surface area (Å²) in [5.74, 6) is 0. The van der Waals surface area contributed by atoms with Gasteiger partial charge >= 0.3 is 0 Å². The lowest BCUT2D eigenvalue weighted by Crippen LogP contribution is -1.90. The first kappa shape index (κ1) is 11.0. The minimum Gasteiger partial charge on any atom is -0.398 e. The van der Waals surface area contributed by atoms with E-state index in [1.54, 1.807) is 18.3 Å². The third kappa shape index (κ3) is 1.71. The molecule has 0 spiro atoms. The highest BCUT2D eigenvalue weighted by atomic mass is 35.5. The minimum atomic E-state index is 0.656. The molecule has 2 aromatic heterocycles. The quantitative estimate of drug-likeness (QED) is 0.659. The van der Waals surface area contributed by atoms with Gasteiger partial charge in [-0.05, 0) is 31.2 Å². The standard InChI is InChI=1S/C13H11ClN4/c1-7-10-4-8(6-16-13(10)18-17-7)11-5-9(14)2-3-12(11)15/h2-6H,15H2,1H3,(H,16,17,18). The van der Waals surface area contributed by atoms with Gasteiger partial charge in [0, 0.05) is 39.1 Å². The van der Waals surface area contributed by atoms with Crippen LogP contribution in [-0.4, -0.2) is 15.2 Å². The Morgan fingerprint density at radius 3 is 2.94 bits per heavy atom. The molecule has 0 saturated heterocycles. The number of nitrogen functional groups attached to an aromatic ring is 1. The molecule has 0 amide bonds. The number of hydrogen-bond donors (Lipinski definition) is 2. The molecule has 0 unspecified atom stereocenters. The number of pyridine rings is 1. The molecule has 3 N–H and O–H groups in total. The van der Waals surface area contributed by atoms with Crippen molar-refractivity contribution in [3.8, 4) is 11.1 Å². The molecule has 0 fully saturated rings. The van der Waals surface area contributed by atoms with E-state index in [-0.39, 0.29) is 0 Å². The van der Waals surface area contributed by atoms with Crippen LogP contribution >= 0.6 is 11.6 Å². The molecule has 0 bridgehead atoms. The highest BCUT2D eigenvalue weighted by Gasteiger charge is 2.08. The first-order chi connectivity index (χ1) is 8.65. The van der Waals surface area contributed by atoms with Crippen molar-refractivity contribution in [3.05, 3.63) is 41.2 Å². The van der Waals surface area contributed by atoms with Crippen LogP contribution in [0.4, 0.5) is 5.69 Å². The van der Waals surface area contributed by atoms with Crippen molar-refractivity contribution in [1.82, 2.24) is 15.2 Å². The summed E-state index contributed by atoms with van der Waals surface area (Å²) >= 11 is 6.00. The Morgan fingerprint density at radius 1 is 1.28 bits per heavy atom. The van der Waals surface area contributed by atoms with Crippen molar-refractivity contribution < 1.29 is 0 Å². The SMILES string of the molecule is Cc1[nH]nc2ncc(-c3cc(Cl)ccc3N)cc12. The van der Waals surface area contributed by atoms with Crippen LogP contribution in [0.15, 0.2) is 30.5 Å². The molecule has 0 aliphatic carbocycles. The number of benzene rings is 1. The van der Waals surface area contributed by atoms with Gasteiger partial charge in [0.2, 0.25) is 0 Å². The van der Waals surface area contributed by atoms with E-state index >= 15 is 0 Å². The van der Waals surface area contributed by atoms with Crippen molar-refractivity contribution in [2.45, 2.75) is 6.92 Å². The fraction of sp³-hybridized carbons (Fsp3) is 0.0769. The van der Waals surface area contributed by atoms with E-state index in [1.807, 2.05) is 19.1 Å². The van der Waals surface area contributed by atoms with Gasteiger partial charge in [-0.25, -0.2) is 4.98 Å². The number of nitrogens with one attached hydrogen (secondary N) is 1. The monoisotopic (exact) mass is 258 g/mol. The van der Waals surface area contributed by atoms with Crippen LogP contribution in [0.5, 0.6) is 0 Å². The number of anilines is 1. The summed E-state index contributed by atoms with van der Waals surface area (Å²) in [5, 5.41) is 8.66. The lowest BCUT2D eigenvalue weighted by Gasteiger charge is -2.06. The number of fused-ring (bicyclic) bond motifs is 1. The third-order valence-corrected chi connectivity index (χ3v) is 3.16. The van der Waals surface area contributed by atoms with Crippen LogP contribution in [0.3, 0.4) is 0 Å². The van der Waals surface area contributed by atoms with Crippen molar-refractivity contribution in [1.29, 1.82) is 0 Å². The zero-order valence-electron chi connectivity index (χ0n) is 9.74. The second-order valence-corrected chi connectivity index (χ2v) is 4.61. The molecule has 90 valence electrons. The highest BCUT2D eigenvalue weighted by Crippen LogP contribution is 2.30. The van der Waals surface area contributed by atoms with Crippen LogP contribution in [0.25, 0.3) is 22.2 Å². The number of aromatic amines is 1. The van der Waals surface area contributed by atoms with E-state index in [2.05, 4.69) is 15.2 Å². The molecule has 0 saturated carbocycles. The molecule has 3 aromatic rings. The molecule has 1 aromatic carbocycles. The summed E-state index contributed by atoms with van der Waals surface area (Å²) in [4.78, 5) is 4.31. The number of hydrogen-bond acceptors (Lipinski definition) is 3. The maximum Gasteiger partial charge on any atom is 0.181 e. The molecule has 4 nitrogen and oxygen atoms in total. The van der Waals surface area contributed by atoms with Gasteiger partial charge in [-0.1, -0.05) is 11.6 Å².